The number of carbonyl (C=O) groups excluding carboxylic acids is 1. The lowest BCUT2D eigenvalue weighted by atomic mass is 10.1. The molecule has 0 saturated carbocycles. The number of hydrogen-bond donors (Lipinski definition) is 1. The Bertz CT molecular complexity index is 932. The average molecular weight is 366 g/mol. The maximum absolute atomic E-state index is 12.4. The number of carbonyl (C=O) groups is 1. The van der Waals surface area contributed by atoms with Crippen LogP contribution in [0, 0.1) is 27.7 Å². The van der Waals surface area contributed by atoms with Crippen LogP contribution in [0.1, 0.15) is 22.5 Å². The fourth-order valence-corrected chi connectivity index (χ4v) is 3.76. The molecule has 0 fully saturated rings. The van der Waals surface area contributed by atoms with Gasteiger partial charge in [0.2, 0.25) is 5.91 Å². The number of benzene rings is 2. The van der Waals surface area contributed by atoms with Crippen molar-refractivity contribution < 1.29 is 4.79 Å². The first-order valence-corrected chi connectivity index (χ1v) is 9.56. The van der Waals surface area contributed by atoms with E-state index in [-0.39, 0.29) is 5.91 Å². The van der Waals surface area contributed by atoms with Crippen molar-refractivity contribution in [3.8, 4) is 5.69 Å². The number of para-hydroxylation sites is 1. The van der Waals surface area contributed by atoms with Crippen molar-refractivity contribution >= 4 is 23.4 Å². The highest BCUT2D eigenvalue weighted by Gasteiger charge is 2.15. The number of nitrogens with zero attached hydrogens (tertiary/aromatic N) is 2. The first-order valence-electron chi connectivity index (χ1n) is 8.58. The summed E-state index contributed by atoms with van der Waals surface area (Å²) in [6.45, 7) is 8.09. The van der Waals surface area contributed by atoms with Crippen LogP contribution in [-0.4, -0.2) is 21.4 Å². The van der Waals surface area contributed by atoms with E-state index in [0.29, 0.717) is 5.75 Å². The highest BCUT2D eigenvalue weighted by Crippen LogP contribution is 2.28. The molecule has 26 heavy (non-hydrogen) atoms. The Morgan fingerprint density at radius 2 is 1.77 bits per heavy atom. The lowest BCUT2D eigenvalue weighted by Crippen LogP contribution is -2.15. The molecule has 1 aromatic heterocycles. The number of rotatable bonds is 5. The third kappa shape index (κ3) is 3.83. The summed E-state index contributed by atoms with van der Waals surface area (Å²) >= 11 is 1.53. The van der Waals surface area contributed by atoms with Crippen molar-refractivity contribution in [3.63, 3.8) is 0 Å². The molecule has 3 rings (SSSR count). The van der Waals surface area contributed by atoms with E-state index in [1.165, 1.54) is 17.3 Å². The quantitative estimate of drug-likeness (QED) is 0.658. The van der Waals surface area contributed by atoms with Gasteiger partial charge in [-0.25, -0.2) is 4.68 Å². The average Bonchev–Trinajstić information content (AvgIpc) is 2.92. The molecule has 134 valence electrons. The minimum Gasteiger partial charge on any atom is -0.325 e. The maximum atomic E-state index is 12.4. The van der Waals surface area contributed by atoms with Crippen LogP contribution in [0.5, 0.6) is 0 Å². The van der Waals surface area contributed by atoms with Gasteiger partial charge in [-0.3, -0.25) is 4.79 Å². The molecule has 0 aliphatic heterocycles. The lowest BCUT2D eigenvalue weighted by Gasteiger charge is -2.10. The summed E-state index contributed by atoms with van der Waals surface area (Å²) in [7, 11) is 0. The Morgan fingerprint density at radius 1 is 1.04 bits per heavy atom. The molecule has 0 spiro atoms. The lowest BCUT2D eigenvalue weighted by molar-refractivity contribution is -0.113. The van der Waals surface area contributed by atoms with Crippen LogP contribution in [-0.2, 0) is 4.79 Å². The molecule has 0 aliphatic carbocycles. The van der Waals surface area contributed by atoms with Crippen molar-refractivity contribution in [3.05, 3.63) is 71.0 Å². The van der Waals surface area contributed by atoms with E-state index in [1.54, 1.807) is 0 Å². The smallest absolute Gasteiger partial charge is 0.234 e. The second-order valence-electron chi connectivity index (χ2n) is 6.33. The Balaban J connectivity index is 1.71. The zero-order valence-corrected chi connectivity index (χ0v) is 16.4. The standard InChI is InChI=1S/C21H23N3OS/c1-14-9-8-12-19(15(14)2)22-20(25)13-26-21-16(3)23-24(17(21)4)18-10-6-5-7-11-18/h5-12H,13H2,1-4H3,(H,22,25). The highest BCUT2D eigenvalue weighted by atomic mass is 32.2. The summed E-state index contributed by atoms with van der Waals surface area (Å²) in [5, 5.41) is 7.64. The summed E-state index contributed by atoms with van der Waals surface area (Å²) in [6, 6.07) is 16.0. The maximum Gasteiger partial charge on any atom is 0.234 e. The van der Waals surface area contributed by atoms with E-state index < -0.39 is 0 Å². The molecule has 0 atom stereocenters. The van der Waals surface area contributed by atoms with Crippen molar-refractivity contribution in [2.75, 3.05) is 11.1 Å². The van der Waals surface area contributed by atoms with Gasteiger partial charge in [0.25, 0.3) is 0 Å². The Morgan fingerprint density at radius 3 is 2.50 bits per heavy atom. The summed E-state index contributed by atoms with van der Waals surface area (Å²) in [6.07, 6.45) is 0. The topological polar surface area (TPSA) is 46.9 Å². The van der Waals surface area contributed by atoms with E-state index >= 15 is 0 Å². The van der Waals surface area contributed by atoms with E-state index in [9.17, 15) is 4.79 Å². The summed E-state index contributed by atoms with van der Waals surface area (Å²) in [4.78, 5) is 13.4. The van der Waals surface area contributed by atoms with Crippen LogP contribution in [0.4, 0.5) is 5.69 Å². The van der Waals surface area contributed by atoms with Crippen LogP contribution in [0.25, 0.3) is 5.69 Å². The molecule has 3 aromatic rings. The monoisotopic (exact) mass is 365 g/mol. The van der Waals surface area contributed by atoms with Gasteiger partial charge in [0.15, 0.2) is 0 Å². The molecule has 5 heteroatoms. The molecule has 0 radical (unpaired) electrons. The SMILES string of the molecule is Cc1cccc(NC(=O)CSc2c(C)nn(-c3ccccc3)c2C)c1C. The molecular formula is C21H23N3OS. The third-order valence-electron chi connectivity index (χ3n) is 4.45. The fourth-order valence-electron chi connectivity index (χ4n) is 2.87. The number of nitrogens with one attached hydrogen (secondary N) is 1. The summed E-state index contributed by atoms with van der Waals surface area (Å²) in [5.41, 5.74) is 6.18. The minimum atomic E-state index is -0.00467. The van der Waals surface area contributed by atoms with Gasteiger partial charge in [0.1, 0.15) is 0 Å². The predicted octanol–water partition coefficient (Wildman–Crippen LogP) is 4.84. The van der Waals surface area contributed by atoms with Gasteiger partial charge in [-0.15, -0.1) is 11.8 Å². The highest BCUT2D eigenvalue weighted by molar-refractivity contribution is 8.00. The van der Waals surface area contributed by atoms with Crippen LogP contribution in [0.15, 0.2) is 53.4 Å². The van der Waals surface area contributed by atoms with Gasteiger partial charge in [0, 0.05) is 5.69 Å². The van der Waals surface area contributed by atoms with Gasteiger partial charge in [-0.05, 0) is 57.0 Å². The second kappa shape index (κ2) is 7.79. The third-order valence-corrected chi connectivity index (χ3v) is 5.74. The molecule has 1 heterocycles. The summed E-state index contributed by atoms with van der Waals surface area (Å²) < 4.78 is 1.93. The van der Waals surface area contributed by atoms with Crippen molar-refractivity contribution in [1.29, 1.82) is 0 Å². The van der Waals surface area contributed by atoms with Crippen LogP contribution in [0.2, 0.25) is 0 Å². The summed E-state index contributed by atoms with van der Waals surface area (Å²) in [5.74, 6) is 0.352. The number of anilines is 1. The van der Waals surface area contributed by atoms with E-state index in [4.69, 9.17) is 0 Å². The second-order valence-corrected chi connectivity index (χ2v) is 7.32. The first-order chi connectivity index (χ1) is 12.5. The molecule has 2 aromatic carbocycles. The Hall–Kier alpha value is -2.53. The molecular weight excluding hydrogens is 342 g/mol. The number of hydrogen-bond acceptors (Lipinski definition) is 3. The Labute approximate surface area is 158 Å². The van der Waals surface area contributed by atoms with Crippen LogP contribution in [0.3, 0.4) is 0 Å². The van der Waals surface area contributed by atoms with Gasteiger partial charge in [0.05, 0.1) is 27.7 Å². The number of aromatic nitrogens is 2. The van der Waals surface area contributed by atoms with Crippen molar-refractivity contribution in [2.45, 2.75) is 32.6 Å². The molecule has 1 amide bonds. The number of amides is 1. The predicted molar refractivity (Wildman–Crippen MR) is 108 cm³/mol. The fraction of sp³-hybridized carbons (Fsp3) is 0.238. The first kappa shape index (κ1) is 18.3. The van der Waals surface area contributed by atoms with Crippen molar-refractivity contribution in [2.24, 2.45) is 0 Å². The molecule has 4 nitrogen and oxygen atoms in total. The van der Waals surface area contributed by atoms with E-state index in [0.717, 1.165) is 33.2 Å². The van der Waals surface area contributed by atoms with Crippen LogP contribution < -0.4 is 5.32 Å². The van der Waals surface area contributed by atoms with Gasteiger partial charge < -0.3 is 5.32 Å². The van der Waals surface area contributed by atoms with Gasteiger partial charge >= 0.3 is 0 Å². The number of thioether (sulfide) groups is 1. The zero-order chi connectivity index (χ0) is 18.7. The normalized spacial score (nSPS) is 10.8. The van der Waals surface area contributed by atoms with E-state index in [2.05, 4.69) is 10.4 Å². The molecule has 0 unspecified atom stereocenters. The molecule has 0 bridgehead atoms. The molecule has 1 N–H and O–H groups in total. The number of aryl methyl sites for hydroxylation is 2. The van der Waals surface area contributed by atoms with E-state index in [1.807, 2.05) is 80.9 Å². The van der Waals surface area contributed by atoms with Crippen LogP contribution >= 0.6 is 11.8 Å². The molecule has 0 saturated heterocycles. The Kier molecular flexibility index (Phi) is 5.47. The van der Waals surface area contributed by atoms with Crippen molar-refractivity contribution in [1.82, 2.24) is 9.78 Å². The van der Waals surface area contributed by atoms with Gasteiger partial charge in [-0.1, -0.05) is 30.3 Å². The largest absolute Gasteiger partial charge is 0.325 e. The minimum absolute atomic E-state index is 0.00467. The van der Waals surface area contributed by atoms with Gasteiger partial charge in [-0.2, -0.15) is 5.10 Å². The zero-order valence-electron chi connectivity index (χ0n) is 15.5. The molecule has 0 aliphatic rings.